The summed E-state index contributed by atoms with van der Waals surface area (Å²) in [5, 5.41) is 4.43. The van der Waals surface area contributed by atoms with Crippen molar-refractivity contribution in [1.29, 1.82) is 0 Å². The Kier molecular flexibility index (Phi) is 3.95. The number of amides is 1. The predicted molar refractivity (Wildman–Crippen MR) is 56.2 cm³/mol. The van der Waals surface area contributed by atoms with E-state index in [0.717, 1.165) is 0 Å². The first-order valence-electron chi connectivity index (χ1n) is 3.64. The van der Waals surface area contributed by atoms with Crippen LogP contribution < -0.4 is 11.1 Å². The zero-order valence-electron chi connectivity index (χ0n) is 6.79. The van der Waals surface area contributed by atoms with Gasteiger partial charge in [-0.3, -0.25) is 4.79 Å². The Balaban J connectivity index is 2.55. The number of carbonyl (C=O) groups is 1. The van der Waals surface area contributed by atoms with Crippen LogP contribution in [0.4, 0.5) is 5.69 Å². The smallest absolute Gasteiger partial charge is 0.248 e. The van der Waals surface area contributed by atoms with Crippen LogP contribution in [0.25, 0.3) is 0 Å². The van der Waals surface area contributed by atoms with Crippen molar-refractivity contribution in [3.63, 3.8) is 0 Å². The van der Waals surface area contributed by atoms with E-state index in [2.05, 4.69) is 5.32 Å². The van der Waals surface area contributed by atoms with E-state index in [0.29, 0.717) is 16.6 Å². The molecule has 1 heterocycles. The topological polar surface area (TPSA) is 55.1 Å². The molecule has 0 saturated carbocycles. The van der Waals surface area contributed by atoms with Gasteiger partial charge in [-0.1, -0.05) is 17.7 Å². The Morgan fingerprint density at radius 3 is 3.08 bits per heavy atom. The number of hydrogen-bond acceptors (Lipinski definition) is 3. The molecule has 0 aliphatic heterocycles. The lowest BCUT2D eigenvalue weighted by Gasteiger charge is -1.97. The average Bonchev–Trinajstić information content (AvgIpc) is 2.48. The van der Waals surface area contributed by atoms with Crippen molar-refractivity contribution >= 4 is 34.5 Å². The van der Waals surface area contributed by atoms with Gasteiger partial charge in [-0.05, 0) is 11.4 Å². The minimum absolute atomic E-state index is 0.217. The molecule has 3 nitrogen and oxygen atoms in total. The van der Waals surface area contributed by atoms with E-state index in [9.17, 15) is 4.79 Å². The number of nitrogens with one attached hydrogen (secondary N) is 1. The van der Waals surface area contributed by atoms with Crippen LogP contribution >= 0.6 is 22.9 Å². The van der Waals surface area contributed by atoms with Crippen molar-refractivity contribution in [1.82, 2.24) is 0 Å². The maximum absolute atomic E-state index is 11.1. The highest BCUT2D eigenvalue weighted by atomic mass is 35.5. The van der Waals surface area contributed by atoms with Crippen LogP contribution in [0.3, 0.4) is 0 Å². The third-order valence-electron chi connectivity index (χ3n) is 1.28. The van der Waals surface area contributed by atoms with Gasteiger partial charge in [0.2, 0.25) is 5.91 Å². The molecule has 0 saturated heterocycles. The summed E-state index contributed by atoms with van der Waals surface area (Å²) >= 11 is 7.15. The Labute approximate surface area is 85.2 Å². The molecule has 0 radical (unpaired) electrons. The molecule has 5 heteroatoms. The summed E-state index contributed by atoms with van der Waals surface area (Å²) in [5.41, 5.74) is 5.83. The van der Waals surface area contributed by atoms with Gasteiger partial charge >= 0.3 is 0 Å². The number of halogens is 1. The monoisotopic (exact) mass is 216 g/mol. The second-order valence-corrected chi connectivity index (χ2v) is 3.75. The van der Waals surface area contributed by atoms with Gasteiger partial charge in [0.1, 0.15) is 4.34 Å². The summed E-state index contributed by atoms with van der Waals surface area (Å²) in [6.45, 7) is 0.352. The van der Waals surface area contributed by atoms with Crippen LogP contribution in [0, 0.1) is 0 Å². The Hall–Kier alpha value is -0.840. The molecule has 13 heavy (non-hydrogen) atoms. The van der Waals surface area contributed by atoms with E-state index in [1.54, 1.807) is 12.1 Å². The van der Waals surface area contributed by atoms with Crippen molar-refractivity contribution in [2.45, 2.75) is 0 Å². The summed E-state index contributed by atoms with van der Waals surface area (Å²) in [6, 6.07) is 1.75. The molecule has 0 atom stereocenters. The molecule has 0 aliphatic carbocycles. The second kappa shape index (κ2) is 5.01. The fraction of sp³-hybridized carbons (Fsp3) is 0.125. The molecule has 3 N–H and O–H groups in total. The van der Waals surface area contributed by atoms with Crippen LogP contribution in [0.2, 0.25) is 4.34 Å². The lowest BCUT2D eigenvalue weighted by atomic mass is 10.4. The highest BCUT2D eigenvalue weighted by Crippen LogP contribution is 2.27. The quantitative estimate of drug-likeness (QED) is 0.758. The van der Waals surface area contributed by atoms with Gasteiger partial charge in [0, 0.05) is 12.6 Å². The first kappa shape index (κ1) is 10.2. The van der Waals surface area contributed by atoms with Crippen LogP contribution in [0.15, 0.2) is 23.6 Å². The van der Waals surface area contributed by atoms with Crippen LogP contribution in [0.1, 0.15) is 0 Å². The molecule has 0 bridgehead atoms. The van der Waals surface area contributed by atoms with Gasteiger partial charge in [-0.2, -0.15) is 0 Å². The SMILES string of the molecule is NC/C=C/C(=O)Nc1ccsc1Cl. The number of anilines is 1. The van der Waals surface area contributed by atoms with E-state index in [4.69, 9.17) is 17.3 Å². The van der Waals surface area contributed by atoms with Crippen molar-refractivity contribution in [3.8, 4) is 0 Å². The number of nitrogens with two attached hydrogens (primary N) is 1. The fourth-order valence-corrected chi connectivity index (χ4v) is 1.57. The van der Waals surface area contributed by atoms with Crippen LogP contribution in [-0.2, 0) is 4.79 Å². The maximum atomic E-state index is 11.1. The standard InChI is InChI=1S/C8H9ClN2OS/c9-8-6(3-5-13-8)11-7(12)2-1-4-10/h1-3,5H,4,10H2,(H,11,12)/b2-1+. The van der Waals surface area contributed by atoms with E-state index in [1.807, 2.05) is 5.38 Å². The van der Waals surface area contributed by atoms with E-state index >= 15 is 0 Å². The zero-order valence-corrected chi connectivity index (χ0v) is 8.36. The summed E-state index contributed by atoms with van der Waals surface area (Å²) in [4.78, 5) is 11.1. The first-order chi connectivity index (χ1) is 6.24. The second-order valence-electron chi connectivity index (χ2n) is 2.24. The van der Waals surface area contributed by atoms with E-state index < -0.39 is 0 Å². The Morgan fingerprint density at radius 2 is 2.54 bits per heavy atom. The van der Waals surface area contributed by atoms with Gasteiger partial charge in [0.05, 0.1) is 5.69 Å². The summed E-state index contributed by atoms with van der Waals surface area (Å²) in [7, 11) is 0. The molecule has 70 valence electrons. The third kappa shape index (κ3) is 3.18. The van der Waals surface area contributed by atoms with Crippen molar-refractivity contribution in [2.75, 3.05) is 11.9 Å². The highest BCUT2D eigenvalue weighted by Gasteiger charge is 2.02. The molecule has 0 fully saturated rings. The van der Waals surface area contributed by atoms with Gasteiger partial charge in [-0.15, -0.1) is 11.3 Å². The lowest BCUT2D eigenvalue weighted by molar-refractivity contribution is -0.111. The summed E-state index contributed by atoms with van der Waals surface area (Å²) in [6.07, 6.45) is 2.96. The van der Waals surface area contributed by atoms with Crippen molar-refractivity contribution in [3.05, 3.63) is 27.9 Å². The summed E-state index contributed by atoms with van der Waals surface area (Å²) < 4.78 is 0.578. The fourth-order valence-electron chi connectivity index (χ4n) is 0.731. The molecular formula is C8H9ClN2OS. The number of hydrogen-bond donors (Lipinski definition) is 2. The third-order valence-corrected chi connectivity index (χ3v) is 2.45. The minimum Gasteiger partial charge on any atom is -0.327 e. The molecule has 0 aromatic carbocycles. The molecule has 1 aromatic heterocycles. The number of carbonyl (C=O) groups excluding carboxylic acids is 1. The predicted octanol–water partition coefficient (Wildman–Crippen LogP) is 1.85. The molecule has 0 unspecified atom stereocenters. The van der Waals surface area contributed by atoms with Gasteiger partial charge < -0.3 is 11.1 Å². The van der Waals surface area contributed by atoms with Crippen LogP contribution in [-0.4, -0.2) is 12.5 Å². The largest absolute Gasteiger partial charge is 0.327 e. The Bertz CT molecular complexity index is 322. The molecule has 1 aromatic rings. The molecule has 1 amide bonds. The zero-order chi connectivity index (χ0) is 9.68. The van der Waals surface area contributed by atoms with Crippen LogP contribution in [0.5, 0.6) is 0 Å². The van der Waals surface area contributed by atoms with Gasteiger partial charge in [0.15, 0.2) is 0 Å². The maximum Gasteiger partial charge on any atom is 0.248 e. The lowest BCUT2D eigenvalue weighted by Crippen LogP contribution is -2.08. The molecular weight excluding hydrogens is 208 g/mol. The first-order valence-corrected chi connectivity index (χ1v) is 4.90. The van der Waals surface area contributed by atoms with E-state index in [-0.39, 0.29) is 5.91 Å². The van der Waals surface area contributed by atoms with E-state index in [1.165, 1.54) is 17.4 Å². The van der Waals surface area contributed by atoms with Gasteiger partial charge in [-0.25, -0.2) is 0 Å². The Morgan fingerprint density at radius 1 is 1.77 bits per heavy atom. The van der Waals surface area contributed by atoms with Crippen molar-refractivity contribution < 1.29 is 4.79 Å². The highest BCUT2D eigenvalue weighted by molar-refractivity contribution is 7.15. The normalized spacial score (nSPS) is 10.6. The van der Waals surface area contributed by atoms with Gasteiger partial charge in [0.25, 0.3) is 0 Å². The average molecular weight is 217 g/mol. The minimum atomic E-state index is -0.217. The van der Waals surface area contributed by atoms with Crippen molar-refractivity contribution in [2.24, 2.45) is 5.73 Å². The molecule has 0 spiro atoms. The number of rotatable bonds is 3. The molecule has 0 aliphatic rings. The summed E-state index contributed by atoms with van der Waals surface area (Å²) in [5.74, 6) is -0.217. The number of thiophene rings is 1. The molecule has 1 rings (SSSR count).